The molecule has 9 heteroatoms. The van der Waals surface area contributed by atoms with Crippen molar-refractivity contribution in [1.82, 2.24) is 9.88 Å². The zero-order chi connectivity index (χ0) is 22.2. The van der Waals surface area contributed by atoms with Crippen LogP contribution in [0.2, 0.25) is 0 Å². The van der Waals surface area contributed by atoms with Crippen molar-refractivity contribution < 1.29 is 14.5 Å². The number of amides is 1. The smallest absolute Gasteiger partial charge is 0.410 e. The molecule has 0 N–H and O–H groups in total. The van der Waals surface area contributed by atoms with Gasteiger partial charge in [0.1, 0.15) is 28.7 Å². The number of nitrogens with zero attached hydrogens (tertiary/aromatic N) is 5. The summed E-state index contributed by atoms with van der Waals surface area (Å²) >= 11 is 0. The number of anilines is 1. The van der Waals surface area contributed by atoms with E-state index in [4.69, 9.17) is 4.74 Å². The van der Waals surface area contributed by atoms with Crippen molar-refractivity contribution in [2.24, 2.45) is 5.92 Å². The quantitative estimate of drug-likeness (QED) is 0.542. The lowest BCUT2D eigenvalue weighted by Crippen LogP contribution is -2.58. The van der Waals surface area contributed by atoms with Gasteiger partial charge in [-0.3, -0.25) is 10.1 Å². The molecule has 2 fully saturated rings. The third-order valence-corrected chi connectivity index (χ3v) is 5.41. The van der Waals surface area contributed by atoms with Crippen LogP contribution >= 0.6 is 0 Å². The minimum atomic E-state index is -0.581. The topological polar surface area (TPSA) is 113 Å². The molecule has 0 aromatic carbocycles. The largest absolute Gasteiger partial charge is 0.444 e. The summed E-state index contributed by atoms with van der Waals surface area (Å²) < 4.78 is 5.57. The van der Waals surface area contributed by atoms with E-state index in [1.807, 2.05) is 39.5 Å². The molecule has 9 nitrogen and oxygen atoms in total. The Balaban J connectivity index is 1.90. The van der Waals surface area contributed by atoms with Crippen LogP contribution in [0.3, 0.4) is 0 Å². The Morgan fingerprint density at radius 1 is 1.37 bits per heavy atom. The predicted molar refractivity (Wildman–Crippen MR) is 111 cm³/mol. The van der Waals surface area contributed by atoms with Crippen molar-refractivity contribution in [3.8, 4) is 6.07 Å². The number of pyridine rings is 1. The fourth-order valence-corrected chi connectivity index (χ4v) is 3.75. The summed E-state index contributed by atoms with van der Waals surface area (Å²) in [7, 11) is 0. The molecule has 1 aliphatic carbocycles. The molecule has 0 bridgehead atoms. The second-order valence-corrected chi connectivity index (χ2v) is 9.34. The average Bonchev–Trinajstić information content (AvgIpc) is 3.50. The highest BCUT2D eigenvalue weighted by atomic mass is 16.6. The number of carbonyl (C=O) groups is 1. The number of hydrogen-bond acceptors (Lipinski definition) is 7. The molecule has 1 saturated heterocycles. The van der Waals surface area contributed by atoms with Gasteiger partial charge < -0.3 is 14.5 Å². The van der Waals surface area contributed by atoms with E-state index in [0.717, 1.165) is 12.8 Å². The number of carbonyl (C=O) groups excluding carboxylic acids is 1. The van der Waals surface area contributed by atoms with Crippen molar-refractivity contribution in [2.75, 3.05) is 24.5 Å². The van der Waals surface area contributed by atoms with E-state index in [9.17, 15) is 20.2 Å². The van der Waals surface area contributed by atoms with E-state index in [0.29, 0.717) is 31.1 Å². The first-order chi connectivity index (χ1) is 14.0. The minimum absolute atomic E-state index is 0.0781. The summed E-state index contributed by atoms with van der Waals surface area (Å²) in [4.78, 5) is 32.0. The van der Waals surface area contributed by atoms with Crippen LogP contribution in [0.15, 0.2) is 6.07 Å². The Labute approximate surface area is 176 Å². The summed E-state index contributed by atoms with van der Waals surface area (Å²) in [5, 5.41) is 21.1. The molecule has 1 atom stereocenters. The molecule has 0 radical (unpaired) electrons. The average molecular weight is 415 g/mol. The Kier molecular flexibility index (Phi) is 5.88. The van der Waals surface area contributed by atoms with Gasteiger partial charge in [-0.15, -0.1) is 0 Å². The van der Waals surface area contributed by atoms with E-state index in [2.05, 4.69) is 11.1 Å². The second kappa shape index (κ2) is 8.09. The van der Waals surface area contributed by atoms with Gasteiger partial charge in [0.2, 0.25) is 0 Å². The van der Waals surface area contributed by atoms with Crippen LogP contribution < -0.4 is 4.90 Å². The van der Waals surface area contributed by atoms with Gasteiger partial charge in [0, 0.05) is 31.6 Å². The molecule has 162 valence electrons. The summed E-state index contributed by atoms with van der Waals surface area (Å²) in [6.07, 6.45) is 1.40. The molecule has 30 heavy (non-hydrogen) atoms. The highest BCUT2D eigenvalue weighted by Crippen LogP contribution is 2.44. The van der Waals surface area contributed by atoms with Gasteiger partial charge in [-0.25, -0.2) is 9.78 Å². The zero-order valence-electron chi connectivity index (χ0n) is 18.2. The first kappa shape index (κ1) is 21.8. The molecule has 3 rings (SSSR count). The van der Waals surface area contributed by atoms with E-state index >= 15 is 0 Å². The molecular weight excluding hydrogens is 386 g/mol. The number of nitro groups is 1. The molecule has 1 aliphatic heterocycles. The second-order valence-electron chi connectivity index (χ2n) is 9.34. The third kappa shape index (κ3) is 4.64. The van der Waals surface area contributed by atoms with E-state index in [-0.39, 0.29) is 35.2 Å². The molecule has 0 spiro atoms. The maximum Gasteiger partial charge on any atom is 0.410 e. The molecular formula is C21H29N5O4. The summed E-state index contributed by atoms with van der Waals surface area (Å²) in [5.74, 6) is 0.715. The van der Waals surface area contributed by atoms with Gasteiger partial charge in [0.05, 0.1) is 11.0 Å². The number of piperazine rings is 1. The lowest BCUT2D eigenvalue weighted by Gasteiger charge is -2.44. The van der Waals surface area contributed by atoms with Crippen LogP contribution in [-0.4, -0.2) is 52.2 Å². The zero-order valence-corrected chi connectivity index (χ0v) is 18.2. The van der Waals surface area contributed by atoms with Crippen molar-refractivity contribution in [3.63, 3.8) is 0 Å². The van der Waals surface area contributed by atoms with Gasteiger partial charge in [0.15, 0.2) is 0 Å². The van der Waals surface area contributed by atoms with E-state index < -0.39 is 10.5 Å². The van der Waals surface area contributed by atoms with Gasteiger partial charge in [-0.1, -0.05) is 13.8 Å². The van der Waals surface area contributed by atoms with Crippen molar-refractivity contribution in [2.45, 2.75) is 65.0 Å². The molecule has 1 aromatic rings. The van der Waals surface area contributed by atoms with Gasteiger partial charge in [0.25, 0.3) is 5.69 Å². The lowest BCUT2D eigenvalue weighted by molar-refractivity contribution is -0.385. The molecule has 1 saturated carbocycles. The number of rotatable bonds is 4. The van der Waals surface area contributed by atoms with Crippen molar-refractivity contribution in [1.29, 1.82) is 5.26 Å². The standard InChI is InChI=1S/C21H29N5O4/c1-13(2)17-12-24(8-9-25(17)20(27)30-21(3,4)5)19-15(11-22)10-16(26(28)29)18(23-19)14-6-7-14/h10,13-14,17H,6-9,12H2,1-5H3. The number of ether oxygens (including phenoxy) is 1. The molecule has 2 heterocycles. The molecule has 1 amide bonds. The fraction of sp³-hybridized carbons (Fsp3) is 0.667. The summed E-state index contributed by atoms with van der Waals surface area (Å²) in [6.45, 7) is 11.0. The van der Waals surface area contributed by atoms with Gasteiger partial charge in [-0.2, -0.15) is 5.26 Å². The Bertz CT molecular complexity index is 883. The molecule has 2 aliphatic rings. The van der Waals surface area contributed by atoms with Gasteiger partial charge >= 0.3 is 6.09 Å². The number of hydrogen-bond donors (Lipinski definition) is 0. The van der Waals surface area contributed by atoms with Crippen molar-refractivity contribution >= 4 is 17.6 Å². The predicted octanol–water partition coefficient (Wildman–Crippen LogP) is 3.82. The maximum absolute atomic E-state index is 12.7. The minimum Gasteiger partial charge on any atom is -0.444 e. The number of aromatic nitrogens is 1. The van der Waals surface area contributed by atoms with Crippen LogP contribution in [-0.2, 0) is 4.74 Å². The van der Waals surface area contributed by atoms with Crippen LogP contribution in [0.5, 0.6) is 0 Å². The van der Waals surface area contributed by atoms with E-state index in [1.165, 1.54) is 6.07 Å². The Morgan fingerprint density at radius 2 is 2.03 bits per heavy atom. The highest BCUT2D eigenvalue weighted by Gasteiger charge is 2.38. The van der Waals surface area contributed by atoms with Crippen molar-refractivity contribution in [3.05, 3.63) is 27.4 Å². The SMILES string of the molecule is CC(C)C1CN(c2nc(C3CC3)c([N+](=O)[O-])cc2C#N)CCN1C(=O)OC(C)(C)C. The molecule has 1 unspecified atom stereocenters. The molecule has 1 aromatic heterocycles. The van der Waals surface area contributed by atoms with Crippen LogP contribution in [0.4, 0.5) is 16.3 Å². The summed E-state index contributed by atoms with van der Waals surface area (Å²) in [5.41, 5.74) is -0.00222. The van der Waals surface area contributed by atoms with E-state index in [1.54, 1.807) is 4.90 Å². The van der Waals surface area contributed by atoms with Crippen LogP contribution in [0.25, 0.3) is 0 Å². The first-order valence-electron chi connectivity index (χ1n) is 10.4. The normalized spacial score (nSPS) is 19.6. The highest BCUT2D eigenvalue weighted by molar-refractivity contribution is 5.69. The lowest BCUT2D eigenvalue weighted by atomic mass is 9.99. The Hall–Kier alpha value is -2.89. The first-order valence-corrected chi connectivity index (χ1v) is 10.4. The fourth-order valence-electron chi connectivity index (χ4n) is 3.75. The summed E-state index contributed by atoms with van der Waals surface area (Å²) in [6, 6.07) is 3.29. The third-order valence-electron chi connectivity index (χ3n) is 5.41. The monoisotopic (exact) mass is 415 g/mol. The Morgan fingerprint density at radius 3 is 2.53 bits per heavy atom. The maximum atomic E-state index is 12.7. The van der Waals surface area contributed by atoms with Crippen LogP contribution in [0, 0.1) is 27.4 Å². The number of nitriles is 1. The van der Waals surface area contributed by atoms with Crippen LogP contribution in [0.1, 0.15) is 64.6 Å². The van der Waals surface area contributed by atoms with Gasteiger partial charge in [-0.05, 0) is 39.5 Å².